The zero-order chi connectivity index (χ0) is 9.97. The van der Waals surface area contributed by atoms with Crippen LogP contribution in [0.1, 0.15) is 5.56 Å². The van der Waals surface area contributed by atoms with Crippen LogP contribution in [0, 0.1) is 6.92 Å². The molecule has 1 aliphatic rings. The Hall–Kier alpha value is -0.960. The van der Waals surface area contributed by atoms with E-state index < -0.39 is 0 Å². The van der Waals surface area contributed by atoms with Crippen LogP contribution < -0.4 is 4.90 Å². The highest BCUT2D eigenvalue weighted by Crippen LogP contribution is 2.23. The Morgan fingerprint density at radius 1 is 1.36 bits per heavy atom. The van der Waals surface area contributed by atoms with Crippen LogP contribution in [0.2, 0.25) is 0 Å². The third-order valence-corrected chi connectivity index (χ3v) is 3.24. The van der Waals surface area contributed by atoms with Crippen molar-refractivity contribution in [3.05, 3.63) is 29.8 Å². The molecule has 1 heterocycles. The maximum Gasteiger partial charge on any atom is 0.208 e. The van der Waals surface area contributed by atoms with E-state index in [2.05, 4.69) is 24.0 Å². The van der Waals surface area contributed by atoms with Crippen LogP contribution in [0.5, 0.6) is 0 Å². The Morgan fingerprint density at radius 2 is 2.14 bits per heavy atom. The maximum atomic E-state index is 11.3. The van der Waals surface area contributed by atoms with Crippen molar-refractivity contribution in [3.8, 4) is 0 Å². The van der Waals surface area contributed by atoms with Crippen LogP contribution in [0.15, 0.2) is 24.3 Å². The van der Waals surface area contributed by atoms with Crippen molar-refractivity contribution < 1.29 is 4.79 Å². The Labute approximate surface area is 88.3 Å². The minimum Gasteiger partial charge on any atom is -0.362 e. The summed E-state index contributed by atoms with van der Waals surface area (Å²) in [6, 6.07) is 8.22. The monoisotopic (exact) mass is 207 g/mol. The molecule has 0 N–H and O–H groups in total. The van der Waals surface area contributed by atoms with Gasteiger partial charge in [0.25, 0.3) is 0 Å². The van der Waals surface area contributed by atoms with Crippen molar-refractivity contribution in [3.63, 3.8) is 0 Å². The van der Waals surface area contributed by atoms with Crippen molar-refractivity contribution in [2.45, 2.75) is 6.92 Å². The highest BCUT2D eigenvalue weighted by Gasteiger charge is 2.18. The molecule has 1 aromatic carbocycles. The van der Waals surface area contributed by atoms with E-state index in [0.717, 1.165) is 12.3 Å². The van der Waals surface area contributed by atoms with Crippen LogP contribution >= 0.6 is 11.8 Å². The lowest BCUT2D eigenvalue weighted by Crippen LogP contribution is -2.35. The molecule has 0 unspecified atom stereocenters. The van der Waals surface area contributed by atoms with Gasteiger partial charge in [-0.05, 0) is 18.6 Å². The van der Waals surface area contributed by atoms with E-state index in [0.29, 0.717) is 6.54 Å². The number of rotatable bonds is 1. The Kier molecular flexibility index (Phi) is 2.77. The van der Waals surface area contributed by atoms with E-state index in [1.165, 1.54) is 23.0 Å². The predicted octanol–water partition coefficient (Wildman–Crippen LogP) is 2.07. The number of hydrogen-bond donors (Lipinski definition) is 0. The first-order valence-corrected chi connectivity index (χ1v) is 5.72. The Bertz CT molecular complexity index is 351. The van der Waals surface area contributed by atoms with Crippen LogP contribution in [0.4, 0.5) is 5.69 Å². The van der Waals surface area contributed by atoms with E-state index in [-0.39, 0.29) is 5.12 Å². The topological polar surface area (TPSA) is 20.3 Å². The molecule has 0 atom stereocenters. The number of carbonyl (C=O) groups excluding carboxylic acids is 1. The van der Waals surface area contributed by atoms with Gasteiger partial charge in [-0.15, -0.1) is 0 Å². The fraction of sp³-hybridized carbons (Fsp3) is 0.364. The van der Waals surface area contributed by atoms with Gasteiger partial charge in [0.15, 0.2) is 0 Å². The molecule has 0 amide bonds. The molecule has 0 spiro atoms. The van der Waals surface area contributed by atoms with E-state index in [1.54, 1.807) is 0 Å². The summed E-state index contributed by atoms with van der Waals surface area (Å²) in [6.07, 6.45) is 0. The molecule has 1 aromatic rings. The lowest BCUT2D eigenvalue weighted by atomic mass is 10.2. The minimum atomic E-state index is 0.277. The normalized spacial score (nSPS) is 17.2. The lowest BCUT2D eigenvalue weighted by Gasteiger charge is -2.28. The summed E-state index contributed by atoms with van der Waals surface area (Å²) in [4.78, 5) is 13.4. The summed E-state index contributed by atoms with van der Waals surface area (Å²) in [5.41, 5.74) is 2.44. The zero-order valence-electron chi connectivity index (χ0n) is 8.19. The zero-order valence-corrected chi connectivity index (χ0v) is 9.01. The van der Waals surface area contributed by atoms with Crippen molar-refractivity contribution in [1.82, 2.24) is 0 Å². The summed E-state index contributed by atoms with van der Waals surface area (Å²) in [6.45, 7) is 3.61. The second kappa shape index (κ2) is 4.05. The molecule has 0 saturated carbocycles. The van der Waals surface area contributed by atoms with Crippen molar-refractivity contribution >= 4 is 22.6 Å². The fourth-order valence-corrected chi connectivity index (χ4v) is 2.46. The third kappa shape index (κ3) is 1.93. The highest BCUT2D eigenvalue weighted by molar-refractivity contribution is 8.13. The molecule has 0 bridgehead atoms. The minimum absolute atomic E-state index is 0.277. The number of benzene rings is 1. The summed E-state index contributed by atoms with van der Waals surface area (Å²) < 4.78 is 0. The molecule has 0 radical (unpaired) electrons. The van der Waals surface area contributed by atoms with Crippen LogP contribution in [-0.4, -0.2) is 24.0 Å². The van der Waals surface area contributed by atoms with Gasteiger partial charge in [0.2, 0.25) is 5.12 Å². The van der Waals surface area contributed by atoms with E-state index in [9.17, 15) is 4.79 Å². The summed E-state index contributed by atoms with van der Waals surface area (Å²) in [5.74, 6) is 0.910. The standard InChI is InChI=1S/C11H13NOS/c1-9-4-2-3-5-10(9)12-6-7-14-11(13)8-12/h2-5H,6-8H2,1H3. The maximum absolute atomic E-state index is 11.3. The molecule has 74 valence electrons. The second-order valence-corrected chi connectivity index (χ2v) is 4.58. The Morgan fingerprint density at radius 3 is 2.86 bits per heavy atom. The number of carbonyl (C=O) groups is 1. The van der Waals surface area contributed by atoms with Crippen molar-refractivity contribution in [2.24, 2.45) is 0 Å². The number of hydrogen-bond acceptors (Lipinski definition) is 3. The van der Waals surface area contributed by atoms with Gasteiger partial charge in [-0.3, -0.25) is 4.79 Å². The molecular weight excluding hydrogens is 194 g/mol. The van der Waals surface area contributed by atoms with Crippen LogP contribution in [0.25, 0.3) is 0 Å². The molecule has 1 aliphatic heterocycles. The predicted molar refractivity (Wildman–Crippen MR) is 60.9 cm³/mol. The van der Waals surface area contributed by atoms with Crippen molar-refractivity contribution in [1.29, 1.82) is 0 Å². The number of aryl methyl sites for hydroxylation is 1. The van der Waals surface area contributed by atoms with Gasteiger partial charge in [0.1, 0.15) is 0 Å². The molecule has 14 heavy (non-hydrogen) atoms. The smallest absolute Gasteiger partial charge is 0.208 e. The van der Waals surface area contributed by atoms with Gasteiger partial charge in [-0.1, -0.05) is 30.0 Å². The molecule has 3 heteroatoms. The van der Waals surface area contributed by atoms with Gasteiger partial charge in [-0.2, -0.15) is 0 Å². The summed E-state index contributed by atoms with van der Waals surface area (Å²) >= 11 is 1.44. The molecular formula is C11H13NOS. The van der Waals surface area contributed by atoms with E-state index in [4.69, 9.17) is 0 Å². The van der Waals surface area contributed by atoms with Crippen molar-refractivity contribution in [2.75, 3.05) is 23.7 Å². The van der Waals surface area contributed by atoms with E-state index >= 15 is 0 Å². The summed E-state index contributed by atoms with van der Waals surface area (Å²) in [7, 11) is 0. The quantitative estimate of drug-likeness (QED) is 0.703. The molecule has 0 aliphatic carbocycles. The van der Waals surface area contributed by atoms with Crippen LogP contribution in [-0.2, 0) is 4.79 Å². The molecule has 0 aromatic heterocycles. The summed E-state index contributed by atoms with van der Waals surface area (Å²) in [5, 5.41) is 0.277. The van der Waals surface area contributed by atoms with Gasteiger partial charge < -0.3 is 4.90 Å². The Balaban J connectivity index is 2.22. The third-order valence-electron chi connectivity index (χ3n) is 2.40. The molecule has 1 fully saturated rings. The average Bonchev–Trinajstić information content (AvgIpc) is 2.18. The first kappa shape index (κ1) is 9.59. The van der Waals surface area contributed by atoms with E-state index in [1.807, 2.05) is 12.1 Å². The first-order valence-electron chi connectivity index (χ1n) is 4.73. The molecule has 2 rings (SSSR count). The van der Waals surface area contributed by atoms with Gasteiger partial charge >= 0.3 is 0 Å². The number of thioether (sulfide) groups is 1. The largest absolute Gasteiger partial charge is 0.362 e. The number of para-hydroxylation sites is 1. The van der Waals surface area contributed by atoms with Gasteiger partial charge in [0.05, 0.1) is 6.54 Å². The lowest BCUT2D eigenvalue weighted by molar-refractivity contribution is -0.110. The number of anilines is 1. The highest BCUT2D eigenvalue weighted by atomic mass is 32.2. The van der Waals surface area contributed by atoms with Gasteiger partial charge in [0, 0.05) is 18.0 Å². The van der Waals surface area contributed by atoms with Gasteiger partial charge in [-0.25, -0.2) is 0 Å². The SMILES string of the molecule is Cc1ccccc1N1CCSC(=O)C1. The van der Waals surface area contributed by atoms with Crippen LogP contribution in [0.3, 0.4) is 0 Å². The average molecular weight is 207 g/mol. The first-order chi connectivity index (χ1) is 6.77. The molecule has 2 nitrogen and oxygen atoms in total. The fourth-order valence-electron chi connectivity index (χ4n) is 1.67. The molecule has 1 saturated heterocycles. The number of nitrogens with zero attached hydrogens (tertiary/aromatic N) is 1. The second-order valence-electron chi connectivity index (χ2n) is 3.43.